The molecule has 11 rings (SSSR count). The van der Waals surface area contributed by atoms with Crippen LogP contribution in [-0.4, -0.2) is 4.57 Å². The minimum atomic E-state index is -0.0738. The molecule has 11 aromatic rings. The Kier molecular flexibility index (Phi) is 10.5. The Labute approximate surface area is 415 Å². The van der Waals surface area contributed by atoms with Gasteiger partial charge in [-0.15, -0.1) is 0 Å². The summed E-state index contributed by atoms with van der Waals surface area (Å²) in [5.41, 5.74) is 17.2. The molecule has 0 atom stereocenters. The van der Waals surface area contributed by atoms with Gasteiger partial charge in [0.1, 0.15) is 0 Å². The van der Waals surface area contributed by atoms with Crippen molar-refractivity contribution < 1.29 is 0 Å². The van der Waals surface area contributed by atoms with Crippen LogP contribution in [0.1, 0.15) is 105 Å². The minimum absolute atomic E-state index is 0.0248. The first-order valence-corrected chi connectivity index (χ1v) is 25.3. The normalized spacial score (nSPS) is 12.9. The molecule has 0 bridgehead atoms. The molecule has 0 aliphatic heterocycles. The number of fused-ring (bicyclic) bond motifs is 3. The Bertz CT molecular complexity index is 3690. The van der Waals surface area contributed by atoms with Gasteiger partial charge in [0.2, 0.25) is 0 Å². The van der Waals surface area contributed by atoms with Crippen LogP contribution in [0.15, 0.2) is 182 Å². The second-order valence-electron chi connectivity index (χ2n) is 23.9. The average molecular weight is 911 g/mol. The first kappa shape index (κ1) is 45.3. The summed E-state index contributed by atoms with van der Waals surface area (Å²) in [6, 6.07) is 69.3. The molecule has 0 amide bonds. The van der Waals surface area contributed by atoms with Gasteiger partial charge < -0.3 is 9.47 Å². The number of anilines is 3. The van der Waals surface area contributed by atoms with Crippen LogP contribution < -0.4 is 4.90 Å². The van der Waals surface area contributed by atoms with E-state index in [1.54, 1.807) is 0 Å². The average Bonchev–Trinajstić information content (AvgIpc) is 3.66. The molecule has 0 unspecified atom stereocenters. The van der Waals surface area contributed by atoms with E-state index < -0.39 is 0 Å². The summed E-state index contributed by atoms with van der Waals surface area (Å²) in [5, 5.41) is 10.1. The zero-order valence-electron chi connectivity index (χ0n) is 43.2. The van der Waals surface area contributed by atoms with Crippen LogP contribution in [0.3, 0.4) is 0 Å². The fourth-order valence-corrected chi connectivity index (χ4v) is 10.9. The third-order valence-corrected chi connectivity index (χ3v) is 15.0. The fourth-order valence-electron chi connectivity index (χ4n) is 10.9. The highest BCUT2D eigenvalue weighted by atomic mass is 15.1. The highest BCUT2D eigenvalue weighted by Crippen LogP contribution is 2.50. The maximum atomic E-state index is 2.57. The molecular formula is C68H66N2. The lowest BCUT2D eigenvalue weighted by molar-refractivity contribution is 0.569. The third kappa shape index (κ3) is 7.64. The summed E-state index contributed by atoms with van der Waals surface area (Å²) in [5.74, 6) is 0. The van der Waals surface area contributed by atoms with Crippen molar-refractivity contribution in [3.05, 3.63) is 204 Å². The molecular weight excluding hydrogens is 845 g/mol. The number of para-hydroxylation sites is 1. The van der Waals surface area contributed by atoms with Crippen molar-refractivity contribution in [2.75, 3.05) is 4.90 Å². The number of hydrogen-bond donors (Lipinski definition) is 0. The Hall–Kier alpha value is -7.16. The van der Waals surface area contributed by atoms with E-state index in [0.29, 0.717) is 0 Å². The molecule has 0 spiro atoms. The first-order valence-electron chi connectivity index (χ1n) is 25.3. The van der Waals surface area contributed by atoms with Crippen LogP contribution in [0.25, 0.3) is 82.1 Å². The Morgan fingerprint density at radius 1 is 0.329 bits per heavy atom. The van der Waals surface area contributed by atoms with Crippen LogP contribution in [0.2, 0.25) is 0 Å². The molecule has 348 valence electrons. The fraction of sp³-hybridized carbons (Fsp3) is 0.235. The van der Waals surface area contributed by atoms with Gasteiger partial charge in [-0.05, 0) is 137 Å². The van der Waals surface area contributed by atoms with Gasteiger partial charge in [-0.25, -0.2) is 0 Å². The molecule has 0 saturated heterocycles. The molecule has 70 heavy (non-hydrogen) atoms. The van der Waals surface area contributed by atoms with Crippen LogP contribution in [0, 0.1) is 0 Å². The Morgan fingerprint density at radius 3 is 1.37 bits per heavy atom. The van der Waals surface area contributed by atoms with Gasteiger partial charge in [0, 0.05) is 32.8 Å². The highest BCUT2D eigenvalue weighted by Gasteiger charge is 2.28. The predicted octanol–water partition coefficient (Wildman–Crippen LogP) is 19.7. The number of hydrogen-bond acceptors (Lipinski definition) is 1. The summed E-state index contributed by atoms with van der Waals surface area (Å²) in [7, 11) is 0. The molecule has 0 aliphatic rings. The molecule has 2 nitrogen and oxygen atoms in total. The van der Waals surface area contributed by atoms with E-state index in [9.17, 15) is 0 Å². The lowest BCUT2D eigenvalue weighted by atomic mass is 9.80. The third-order valence-electron chi connectivity index (χ3n) is 15.0. The second kappa shape index (κ2) is 16.2. The zero-order chi connectivity index (χ0) is 49.1. The van der Waals surface area contributed by atoms with Gasteiger partial charge in [0.05, 0.1) is 28.1 Å². The standard InChI is InChI=1S/C68H66N2/c1-65(2,3)46-30-36-61-56(41-46)57-42-47(66(4,5)6)31-37-62(57)70(61)60-35-29-45-26-32-54-59(34-28-44-27-33-55(60)64(45)63(44)54)69(50-39-48(67(7,8)9)38-49(40-50)68(10,11)12)58-25-19-18-24-53(58)52-23-17-16-22-51(52)43-20-14-13-15-21-43/h13-42H,1-12H3. The Morgan fingerprint density at radius 2 is 0.800 bits per heavy atom. The summed E-state index contributed by atoms with van der Waals surface area (Å²) >= 11 is 0. The monoisotopic (exact) mass is 911 g/mol. The molecule has 0 aliphatic carbocycles. The topological polar surface area (TPSA) is 8.17 Å². The number of rotatable bonds is 6. The van der Waals surface area contributed by atoms with Crippen LogP contribution in [0.4, 0.5) is 17.1 Å². The van der Waals surface area contributed by atoms with E-state index >= 15 is 0 Å². The maximum Gasteiger partial charge on any atom is 0.0541 e. The van der Waals surface area contributed by atoms with Gasteiger partial charge in [-0.3, -0.25) is 0 Å². The van der Waals surface area contributed by atoms with E-state index in [1.807, 2.05) is 0 Å². The maximum absolute atomic E-state index is 2.57. The summed E-state index contributed by atoms with van der Waals surface area (Å²) in [6.45, 7) is 27.9. The summed E-state index contributed by atoms with van der Waals surface area (Å²) in [4.78, 5) is 2.57. The number of benzene rings is 10. The molecule has 1 heterocycles. The Balaban J connectivity index is 1.21. The first-order chi connectivity index (χ1) is 33.3. The summed E-state index contributed by atoms with van der Waals surface area (Å²) in [6.07, 6.45) is 0. The quantitative estimate of drug-likeness (QED) is 0.151. The number of aromatic nitrogens is 1. The van der Waals surface area contributed by atoms with E-state index in [4.69, 9.17) is 0 Å². The smallest absolute Gasteiger partial charge is 0.0541 e. The molecule has 0 radical (unpaired) electrons. The minimum Gasteiger partial charge on any atom is -0.309 e. The van der Waals surface area contributed by atoms with Crippen molar-refractivity contribution in [3.63, 3.8) is 0 Å². The SMILES string of the molecule is CC(C)(C)c1cc(N(c2ccccc2-c2ccccc2-c2ccccc2)c2ccc3ccc4c(-n5c6ccc(C(C)(C)C)cc6c6cc(C(C)(C)C)ccc65)ccc5ccc2c3c54)cc(C(C)(C)C)c1. The van der Waals surface area contributed by atoms with Crippen molar-refractivity contribution in [3.8, 4) is 27.9 Å². The predicted molar refractivity (Wildman–Crippen MR) is 305 cm³/mol. The highest BCUT2D eigenvalue weighted by molar-refractivity contribution is 6.27. The summed E-state index contributed by atoms with van der Waals surface area (Å²) < 4.78 is 2.54. The van der Waals surface area contributed by atoms with Crippen molar-refractivity contribution in [1.82, 2.24) is 4.57 Å². The van der Waals surface area contributed by atoms with E-state index in [0.717, 1.165) is 17.1 Å². The molecule has 2 heteroatoms. The van der Waals surface area contributed by atoms with Crippen molar-refractivity contribution >= 4 is 71.2 Å². The van der Waals surface area contributed by atoms with Crippen LogP contribution in [-0.2, 0) is 21.7 Å². The van der Waals surface area contributed by atoms with Crippen molar-refractivity contribution in [1.29, 1.82) is 0 Å². The van der Waals surface area contributed by atoms with Gasteiger partial charge in [0.15, 0.2) is 0 Å². The lowest BCUT2D eigenvalue weighted by Crippen LogP contribution is -2.19. The van der Waals surface area contributed by atoms with Gasteiger partial charge in [0.25, 0.3) is 0 Å². The van der Waals surface area contributed by atoms with E-state index in [2.05, 4.69) is 275 Å². The van der Waals surface area contributed by atoms with E-state index in [1.165, 1.54) is 104 Å². The largest absolute Gasteiger partial charge is 0.309 e. The number of nitrogens with zero attached hydrogens (tertiary/aromatic N) is 2. The van der Waals surface area contributed by atoms with Crippen molar-refractivity contribution in [2.24, 2.45) is 0 Å². The second-order valence-corrected chi connectivity index (χ2v) is 23.9. The molecule has 0 saturated carbocycles. The lowest BCUT2D eigenvalue weighted by Gasteiger charge is -2.33. The van der Waals surface area contributed by atoms with Gasteiger partial charge in [-0.1, -0.05) is 210 Å². The molecule has 1 aromatic heterocycles. The van der Waals surface area contributed by atoms with Gasteiger partial charge >= 0.3 is 0 Å². The molecule has 10 aromatic carbocycles. The van der Waals surface area contributed by atoms with Crippen LogP contribution in [0.5, 0.6) is 0 Å². The van der Waals surface area contributed by atoms with E-state index in [-0.39, 0.29) is 21.7 Å². The molecule has 0 N–H and O–H groups in total. The van der Waals surface area contributed by atoms with Crippen molar-refractivity contribution in [2.45, 2.75) is 105 Å². The van der Waals surface area contributed by atoms with Crippen LogP contribution >= 0.6 is 0 Å². The molecule has 0 fully saturated rings. The zero-order valence-corrected chi connectivity index (χ0v) is 43.2. The van der Waals surface area contributed by atoms with Gasteiger partial charge in [-0.2, -0.15) is 0 Å².